The van der Waals surface area contributed by atoms with Crippen LogP contribution in [-0.2, 0) is 17.9 Å². The number of hydrogen-bond acceptors (Lipinski definition) is 3. The van der Waals surface area contributed by atoms with E-state index in [1.54, 1.807) is 6.20 Å². The Labute approximate surface area is 140 Å². The number of nitrogens with zero attached hydrogens (tertiary/aromatic N) is 3. The van der Waals surface area contributed by atoms with Crippen LogP contribution in [0.5, 0.6) is 0 Å². The summed E-state index contributed by atoms with van der Waals surface area (Å²) in [6.07, 6.45) is 3.60. The standard InChI is InChI=1S/C17H21N5O2/c1-3-21-9-8-18-16(21)12(2)19-17(24)22-10-13-6-4-5-7-14(13)20-15(23)11-22/h4-9,12H,3,10-11H2,1-2H3,(H,19,24)(H,20,23). The van der Waals surface area contributed by atoms with Gasteiger partial charge in [0.25, 0.3) is 0 Å². The Hall–Kier alpha value is -2.83. The van der Waals surface area contributed by atoms with E-state index in [0.717, 1.165) is 23.6 Å². The Morgan fingerprint density at radius 2 is 2.17 bits per heavy atom. The minimum Gasteiger partial charge on any atom is -0.333 e. The van der Waals surface area contributed by atoms with Crippen molar-refractivity contribution in [3.63, 3.8) is 0 Å². The molecule has 1 aromatic heterocycles. The second kappa shape index (κ2) is 6.74. The highest BCUT2D eigenvalue weighted by atomic mass is 16.2. The van der Waals surface area contributed by atoms with Crippen LogP contribution in [-0.4, -0.2) is 32.9 Å². The van der Waals surface area contributed by atoms with E-state index in [9.17, 15) is 9.59 Å². The molecule has 0 aliphatic carbocycles. The van der Waals surface area contributed by atoms with Crippen LogP contribution in [0.4, 0.5) is 10.5 Å². The molecule has 3 rings (SSSR count). The van der Waals surface area contributed by atoms with Gasteiger partial charge in [-0.25, -0.2) is 9.78 Å². The lowest BCUT2D eigenvalue weighted by Crippen LogP contribution is -2.43. The van der Waals surface area contributed by atoms with Gasteiger partial charge in [0, 0.05) is 24.6 Å². The third-order valence-electron chi connectivity index (χ3n) is 4.09. The number of benzene rings is 1. The number of aromatic nitrogens is 2. The molecule has 0 bridgehead atoms. The molecule has 1 atom stereocenters. The molecule has 3 amide bonds. The number of nitrogens with one attached hydrogen (secondary N) is 2. The van der Waals surface area contributed by atoms with E-state index in [2.05, 4.69) is 15.6 Å². The smallest absolute Gasteiger partial charge is 0.318 e. The molecule has 1 aliphatic rings. The van der Waals surface area contributed by atoms with Crippen LogP contribution in [0.25, 0.3) is 0 Å². The SMILES string of the molecule is CCn1ccnc1C(C)NC(=O)N1CC(=O)Nc2ccccc2C1. The molecule has 0 fully saturated rings. The van der Waals surface area contributed by atoms with E-state index in [-0.39, 0.29) is 24.5 Å². The molecule has 126 valence electrons. The highest BCUT2D eigenvalue weighted by Gasteiger charge is 2.24. The molecule has 2 heterocycles. The summed E-state index contributed by atoms with van der Waals surface area (Å²) >= 11 is 0. The third kappa shape index (κ3) is 3.24. The normalized spacial score (nSPS) is 15.2. The van der Waals surface area contributed by atoms with E-state index in [1.165, 1.54) is 4.90 Å². The predicted molar refractivity (Wildman–Crippen MR) is 90.3 cm³/mol. The minimum atomic E-state index is -0.278. The first-order chi connectivity index (χ1) is 11.6. The zero-order valence-electron chi connectivity index (χ0n) is 13.8. The zero-order chi connectivity index (χ0) is 17.1. The second-order valence-electron chi connectivity index (χ2n) is 5.80. The van der Waals surface area contributed by atoms with E-state index in [0.29, 0.717) is 6.54 Å². The highest BCUT2D eigenvalue weighted by molar-refractivity contribution is 5.96. The van der Waals surface area contributed by atoms with Gasteiger partial charge in [-0.1, -0.05) is 18.2 Å². The Bertz CT molecular complexity index is 755. The maximum Gasteiger partial charge on any atom is 0.318 e. The maximum absolute atomic E-state index is 12.6. The van der Waals surface area contributed by atoms with Gasteiger partial charge < -0.3 is 20.1 Å². The average molecular weight is 327 g/mol. The fourth-order valence-corrected chi connectivity index (χ4v) is 2.86. The van der Waals surface area contributed by atoms with Crippen LogP contribution in [0.2, 0.25) is 0 Å². The van der Waals surface area contributed by atoms with E-state index in [4.69, 9.17) is 0 Å². The quantitative estimate of drug-likeness (QED) is 0.906. The fraction of sp³-hybridized carbons (Fsp3) is 0.353. The van der Waals surface area contributed by atoms with Gasteiger partial charge in [0.15, 0.2) is 0 Å². The summed E-state index contributed by atoms with van der Waals surface area (Å²) in [4.78, 5) is 30.5. The highest BCUT2D eigenvalue weighted by Crippen LogP contribution is 2.20. The van der Waals surface area contributed by atoms with Crippen molar-refractivity contribution in [1.82, 2.24) is 19.8 Å². The van der Waals surface area contributed by atoms with Crippen molar-refractivity contribution in [2.24, 2.45) is 0 Å². The van der Waals surface area contributed by atoms with Crippen LogP contribution in [0.1, 0.15) is 31.3 Å². The zero-order valence-corrected chi connectivity index (χ0v) is 13.8. The summed E-state index contributed by atoms with van der Waals surface area (Å²) in [7, 11) is 0. The number of para-hydroxylation sites is 1. The molecule has 7 heteroatoms. The number of amides is 3. The lowest BCUT2D eigenvalue weighted by molar-refractivity contribution is -0.116. The molecule has 2 aromatic rings. The summed E-state index contributed by atoms with van der Waals surface area (Å²) in [5.74, 6) is 0.600. The van der Waals surface area contributed by atoms with Gasteiger partial charge in [-0.05, 0) is 25.5 Å². The van der Waals surface area contributed by atoms with Crippen LogP contribution in [0, 0.1) is 0 Å². The average Bonchev–Trinajstić information content (AvgIpc) is 2.97. The van der Waals surface area contributed by atoms with Gasteiger partial charge in [0.2, 0.25) is 5.91 Å². The van der Waals surface area contributed by atoms with Crippen LogP contribution >= 0.6 is 0 Å². The number of fused-ring (bicyclic) bond motifs is 1. The van der Waals surface area contributed by atoms with E-state index in [1.807, 2.05) is 48.9 Å². The first-order valence-electron chi connectivity index (χ1n) is 8.02. The summed E-state index contributed by atoms with van der Waals surface area (Å²) in [5.41, 5.74) is 1.67. The lowest BCUT2D eigenvalue weighted by atomic mass is 10.2. The number of aryl methyl sites for hydroxylation is 1. The molecule has 0 spiro atoms. The van der Waals surface area contributed by atoms with Crippen molar-refractivity contribution in [1.29, 1.82) is 0 Å². The number of anilines is 1. The molecule has 0 radical (unpaired) electrons. The summed E-state index contributed by atoms with van der Waals surface area (Å²) < 4.78 is 1.98. The van der Waals surface area contributed by atoms with Crippen molar-refractivity contribution < 1.29 is 9.59 Å². The van der Waals surface area contributed by atoms with Crippen LogP contribution < -0.4 is 10.6 Å². The fourth-order valence-electron chi connectivity index (χ4n) is 2.86. The minimum absolute atomic E-state index is 0.0233. The monoisotopic (exact) mass is 327 g/mol. The number of carbonyl (C=O) groups excluding carboxylic acids is 2. The van der Waals surface area contributed by atoms with Crippen molar-refractivity contribution in [3.05, 3.63) is 48.0 Å². The molecular weight excluding hydrogens is 306 g/mol. The molecule has 1 aromatic carbocycles. The van der Waals surface area contributed by atoms with Gasteiger partial charge in [-0.3, -0.25) is 4.79 Å². The largest absolute Gasteiger partial charge is 0.333 e. The summed E-state index contributed by atoms with van der Waals surface area (Å²) in [5, 5.41) is 5.76. The van der Waals surface area contributed by atoms with Gasteiger partial charge in [0.05, 0.1) is 12.6 Å². The Morgan fingerprint density at radius 1 is 1.38 bits per heavy atom. The van der Waals surface area contributed by atoms with Crippen LogP contribution in [0.3, 0.4) is 0 Å². The van der Waals surface area contributed by atoms with Gasteiger partial charge >= 0.3 is 6.03 Å². The molecular formula is C17H21N5O2. The summed E-state index contributed by atoms with van der Waals surface area (Å²) in [6, 6.07) is 6.99. The number of rotatable bonds is 3. The first kappa shape index (κ1) is 16.0. The molecule has 1 unspecified atom stereocenters. The predicted octanol–water partition coefficient (Wildman–Crippen LogP) is 2.13. The maximum atomic E-state index is 12.6. The molecule has 0 saturated heterocycles. The number of imidazole rings is 1. The van der Waals surface area contributed by atoms with Crippen molar-refractivity contribution >= 4 is 17.6 Å². The Balaban J connectivity index is 1.74. The number of urea groups is 1. The molecule has 2 N–H and O–H groups in total. The Morgan fingerprint density at radius 3 is 2.96 bits per heavy atom. The van der Waals surface area contributed by atoms with Gasteiger partial charge in [-0.2, -0.15) is 0 Å². The second-order valence-corrected chi connectivity index (χ2v) is 5.80. The molecule has 7 nitrogen and oxygen atoms in total. The number of hydrogen-bond donors (Lipinski definition) is 2. The van der Waals surface area contributed by atoms with Gasteiger partial charge in [0.1, 0.15) is 12.4 Å². The van der Waals surface area contributed by atoms with Gasteiger partial charge in [-0.15, -0.1) is 0 Å². The Kier molecular flexibility index (Phi) is 4.50. The van der Waals surface area contributed by atoms with Crippen molar-refractivity contribution in [2.75, 3.05) is 11.9 Å². The molecule has 0 saturated carbocycles. The number of carbonyl (C=O) groups is 2. The first-order valence-corrected chi connectivity index (χ1v) is 8.02. The van der Waals surface area contributed by atoms with Crippen molar-refractivity contribution in [3.8, 4) is 0 Å². The van der Waals surface area contributed by atoms with E-state index >= 15 is 0 Å². The van der Waals surface area contributed by atoms with Crippen LogP contribution in [0.15, 0.2) is 36.7 Å². The molecule has 24 heavy (non-hydrogen) atoms. The topological polar surface area (TPSA) is 79.3 Å². The van der Waals surface area contributed by atoms with Crippen molar-refractivity contribution in [2.45, 2.75) is 33.0 Å². The lowest BCUT2D eigenvalue weighted by Gasteiger charge is -2.23. The van der Waals surface area contributed by atoms with E-state index < -0.39 is 0 Å². The summed E-state index contributed by atoms with van der Waals surface area (Å²) in [6.45, 7) is 5.11. The third-order valence-corrected chi connectivity index (χ3v) is 4.09. The molecule has 1 aliphatic heterocycles.